The fourth-order valence-electron chi connectivity index (χ4n) is 3.89. The van der Waals surface area contributed by atoms with Gasteiger partial charge in [0.15, 0.2) is 0 Å². The van der Waals surface area contributed by atoms with Gasteiger partial charge in [0.1, 0.15) is 5.75 Å². The predicted octanol–water partition coefficient (Wildman–Crippen LogP) is 3.12. The highest BCUT2D eigenvalue weighted by Gasteiger charge is 2.23. The van der Waals surface area contributed by atoms with Gasteiger partial charge in [0.25, 0.3) is 0 Å². The van der Waals surface area contributed by atoms with Gasteiger partial charge < -0.3 is 14.5 Å². The van der Waals surface area contributed by atoms with E-state index in [1.54, 1.807) is 13.3 Å². The third-order valence-electron chi connectivity index (χ3n) is 5.64. The second-order valence-corrected chi connectivity index (χ2v) is 7.55. The van der Waals surface area contributed by atoms with Gasteiger partial charge in [-0.1, -0.05) is 36.4 Å². The van der Waals surface area contributed by atoms with Crippen molar-refractivity contribution in [2.75, 3.05) is 44.7 Å². The number of ether oxygens (including phenoxy) is 1. The monoisotopic (exact) mass is 416 g/mol. The molecule has 2 aromatic carbocycles. The molecule has 1 amide bonds. The lowest BCUT2D eigenvalue weighted by Crippen LogP contribution is -2.51. The van der Waals surface area contributed by atoms with Crippen LogP contribution in [0.15, 0.2) is 79.0 Å². The number of carbonyl (C=O) groups excluding carboxylic acids is 1. The summed E-state index contributed by atoms with van der Waals surface area (Å²) in [5.41, 5.74) is 3.16. The second kappa shape index (κ2) is 10.1. The third kappa shape index (κ3) is 5.22. The van der Waals surface area contributed by atoms with E-state index in [1.807, 2.05) is 53.4 Å². The summed E-state index contributed by atoms with van der Waals surface area (Å²) in [6, 6.07) is 23.9. The minimum atomic E-state index is -0.119. The van der Waals surface area contributed by atoms with Gasteiger partial charge in [-0.3, -0.25) is 15.1 Å². The lowest BCUT2D eigenvalue weighted by Gasteiger charge is -2.36. The SMILES string of the molecule is COc1ccc(N2CCN(C(=O)CNC(c3ccccc3)c3ccccn3)CC2)cc1. The van der Waals surface area contributed by atoms with Gasteiger partial charge in [0, 0.05) is 38.1 Å². The Kier molecular flexibility index (Phi) is 6.79. The second-order valence-electron chi connectivity index (χ2n) is 7.55. The van der Waals surface area contributed by atoms with Gasteiger partial charge in [-0.2, -0.15) is 0 Å². The van der Waals surface area contributed by atoms with E-state index in [9.17, 15) is 4.79 Å². The molecular formula is C25H28N4O2. The van der Waals surface area contributed by atoms with Crippen LogP contribution < -0.4 is 15.0 Å². The zero-order chi connectivity index (χ0) is 21.5. The Morgan fingerprint density at radius 3 is 2.32 bits per heavy atom. The average Bonchev–Trinajstić information content (AvgIpc) is 2.85. The van der Waals surface area contributed by atoms with Gasteiger partial charge in [-0.15, -0.1) is 0 Å². The van der Waals surface area contributed by atoms with Crippen molar-refractivity contribution in [3.8, 4) is 5.75 Å². The smallest absolute Gasteiger partial charge is 0.236 e. The van der Waals surface area contributed by atoms with Crippen molar-refractivity contribution >= 4 is 11.6 Å². The van der Waals surface area contributed by atoms with Crippen LogP contribution in [0.4, 0.5) is 5.69 Å². The molecular weight excluding hydrogens is 388 g/mol. The summed E-state index contributed by atoms with van der Waals surface area (Å²) < 4.78 is 5.23. The first-order valence-corrected chi connectivity index (χ1v) is 10.6. The van der Waals surface area contributed by atoms with Crippen LogP contribution in [0.2, 0.25) is 0 Å². The Bertz CT molecular complexity index is 916. The number of aromatic nitrogens is 1. The molecule has 1 unspecified atom stereocenters. The molecule has 0 radical (unpaired) electrons. The minimum Gasteiger partial charge on any atom is -0.497 e. The molecule has 0 spiro atoms. The molecule has 1 N–H and O–H groups in total. The van der Waals surface area contributed by atoms with Crippen molar-refractivity contribution in [3.63, 3.8) is 0 Å². The molecule has 0 aliphatic carbocycles. The summed E-state index contributed by atoms with van der Waals surface area (Å²) in [5, 5.41) is 3.42. The number of pyridine rings is 1. The van der Waals surface area contributed by atoms with Crippen molar-refractivity contribution in [3.05, 3.63) is 90.3 Å². The molecule has 1 aliphatic heterocycles. The number of amides is 1. The van der Waals surface area contributed by atoms with Crippen molar-refractivity contribution in [1.82, 2.24) is 15.2 Å². The van der Waals surface area contributed by atoms with Crippen molar-refractivity contribution in [1.29, 1.82) is 0 Å². The van der Waals surface area contributed by atoms with Crippen LogP contribution in [0.25, 0.3) is 0 Å². The Labute approximate surface area is 183 Å². The van der Waals surface area contributed by atoms with Crippen LogP contribution in [-0.2, 0) is 4.79 Å². The number of anilines is 1. The maximum absolute atomic E-state index is 12.9. The third-order valence-corrected chi connectivity index (χ3v) is 5.64. The van der Waals surface area contributed by atoms with Crippen LogP contribution in [0.3, 0.4) is 0 Å². The summed E-state index contributed by atoms with van der Waals surface area (Å²) >= 11 is 0. The van der Waals surface area contributed by atoms with Crippen LogP contribution in [0.1, 0.15) is 17.3 Å². The summed E-state index contributed by atoms with van der Waals surface area (Å²) in [5.74, 6) is 0.968. The highest BCUT2D eigenvalue weighted by atomic mass is 16.5. The van der Waals surface area contributed by atoms with E-state index in [1.165, 1.54) is 0 Å². The number of carbonyl (C=O) groups is 1. The van der Waals surface area contributed by atoms with Crippen LogP contribution >= 0.6 is 0 Å². The molecule has 6 heteroatoms. The standard InChI is InChI=1S/C25H28N4O2/c1-31-22-12-10-21(11-13-22)28-15-17-29(18-16-28)24(30)19-27-25(20-7-3-2-4-8-20)23-9-5-6-14-26-23/h2-14,25,27H,15-19H2,1H3. The van der Waals surface area contributed by atoms with E-state index in [0.29, 0.717) is 13.1 Å². The van der Waals surface area contributed by atoms with Crippen molar-refractivity contribution in [2.45, 2.75) is 6.04 Å². The van der Waals surface area contributed by atoms with E-state index >= 15 is 0 Å². The van der Waals surface area contributed by atoms with Gasteiger partial charge in [-0.05, 0) is 42.0 Å². The summed E-state index contributed by atoms with van der Waals surface area (Å²) in [6.07, 6.45) is 1.78. The van der Waals surface area contributed by atoms with Crippen LogP contribution in [-0.4, -0.2) is 55.6 Å². The summed E-state index contributed by atoms with van der Waals surface area (Å²) in [7, 11) is 1.67. The molecule has 1 saturated heterocycles. The molecule has 1 aliphatic rings. The highest BCUT2D eigenvalue weighted by molar-refractivity contribution is 5.78. The molecule has 0 bridgehead atoms. The molecule has 4 rings (SSSR count). The molecule has 1 aromatic heterocycles. The van der Waals surface area contributed by atoms with Crippen molar-refractivity contribution in [2.24, 2.45) is 0 Å². The molecule has 1 fully saturated rings. The van der Waals surface area contributed by atoms with E-state index in [0.717, 1.165) is 35.8 Å². The lowest BCUT2D eigenvalue weighted by molar-refractivity contribution is -0.130. The van der Waals surface area contributed by atoms with E-state index in [2.05, 4.69) is 39.5 Å². The van der Waals surface area contributed by atoms with Gasteiger partial charge in [0.05, 0.1) is 25.4 Å². The van der Waals surface area contributed by atoms with Crippen LogP contribution in [0, 0.1) is 0 Å². The number of nitrogens with zero attached hydrogens (tertiary/aromatic N) is 3. The molecule has 31 heavy (non-hydrogen) atoms. The first kappa shape index (κ1) is 20.9. The highest BCUT2D eigenvalue weighted by Crippen LogP contribution is 2.21. The average molecular weight is 417 g/mol. The van der Waals surface area contributed by atoms with Crippen molar-refractivity contribution < 1.29 is 9.53 Å². The number of hydrogen-bond donors (Lipinski definition) is 1. The number of methoxy groups -OCH3 is 1. The predicted molar refractivity (Wildman–Crippen MR) is 122 cm³/mol. The largest absolute Gasteiger partial charge is 0.497 e. The van der Waals surface area contributed by atoms with Gasteiger partial charge in [-0.25, -0.2) is 0 Å². The number of piperazine rings is 1. The maximum Gasteiger partial charge on any atom is 0.236 e. The van der Waals surface area contributed by atoms with E-state index in [-0.39, 0.29) is 18.5 Å². The van der Waals surface area contributed by atoms with E-state index < -0.39 is 0 Å². The quantitative estimate of drug-likeness (QED) is 0.641. The zero-order valence-electron chi connectivity index (χ0n) is 17.8. The number of benzene rings is 2. The Morgan fingerprint density at radius 1 is 0.968 bits per heavy atom. The topological polar surface area (TPSA) is 57.7 Å². The molecule has 0 saturated carbocycles. The lowest BCUT2D eigenvalue weighted by atomic mass is 10.0. The number of nitrogens with one attached hydrogen (secondary N) is 1. The Morgan fingerprint density at radius 2 is 1.68 bits per heavy atom. The van der Waals surface area contributed by atoms with E-state index in [4.69, 9.17) is 4.74 Å². The number of rotatable bonds is 7. The van der Waals surface area contributed by atoms with Gasteiger partial charge in [0.2, 0.25) is 5.91 Å². The number of hydrogen-bond acceptors (Lipinski definition) is 5. The fourth-order valence-corrected chi connectivity index (χ4v) is 3.89. The Hall–Kier alpha value is -3.38. The van der Waals surface area contributed by atoms with Gasteiger partial charge >= 0.3 is 0 Å². The zero-order valence-corrected chi connectivity index (χ0v) is 17.8. The van der Waals surface area contributed by atoms with Crippen LogP contribution in [0.5, 0.6) is 5.75 Å². The maximum atomic E-state index is 12.9. The molecule has 160 valence electrons. The first-order valence-electron chi connectivity index (χ1n) is 10.6. The summed E-state index contributed by atoms with van der Waals surface area (Å²) in [6.45, 7) is 3.35. The molecule has 2 heterocycles. The normalized spacial score (nSPS) is 14.9. The summed E-state index contributed by atoms with van der Waals surface area (Å²) in [4.78, 5) is 21.6. The minimum absolute atomic E-state index is 0.117. The molecule has 6 nitrogen and oxygen atoms in total. The fraction of sp³-hybridized carbons (Fsp3) is 0.280. The molecule has 1 atom stereocenters. The first-order chi connectivity index (χ1) is 15.2. The Balaban J connectivity index is 1.34. The molecule has 3 aromatic rings.